The third-order valence-electron chi connectivity index (χ3n) is 2.78. The molecule has 0 saturated heterocycles. The summed E-state index contributed by atoms with van der Waals surface area (Å²) in [4.78, 5) is 25.3. The highest BCUT2D eigenvalue weighted by atomic mass is 79.9. The number of ether oxygens (including phenoxy) is 1. The van der Waals surface area contributed by atoms with Crippen molar-refractivity contribution in [3.05, 3.63) is 46.8 Å². The molecule has 6 nitrogen and oxygen atoms in total. The number of carbonyl (C=O) groups is 2. The first kappa shape index (κ1) is 16.1. The van der Waals surface area contributed by atoms with Crippen LogP contribution in [0.25, 0.3) is 0 Å². The Hall–Kier alpha value is -2.28. The number of nitrogens with one attached hydrogen (secondary N) is 1. The standard InChI is InChI=1S/C15H15BrN2O4/c1-18(2)11-5-3-10(4-6-11)17-14(19)9-21-15(20)12-7-8-13(16)22-12/h3-8H,9H2,1-2H3,(H,17,19). The van der Waals surface area contributed by atoms with Crippen molar-refractivity contribution in [2.24, 2.45) is 0 Å². The van der Waals surface area contributed by atoms with Gasteiger partial charge in [-0.2, -0.15) is 0 Å². The zero-order chi connectivity index (χ0) is 16.1. The van der Waals surface area contributed by atoms with Crippen molar-refractivity contribution >= 4 is 39.2 Å². The normalized spacial score (nSPS) is 10.1. The van der Waals surface area contributed by atoms with Crippen LogP contribution in [0.2, 0.25) is 0 Å². The lowest BCUT2D eigenvalue weighted by Crippen LogP contribution is -2.20. The van der Waals surface area contributed by atoms with Crippen LogP contribution in [-0.2, 0) is 9.53 Å². The summed E-state index contributed by atoms with van der Waals surface area (Å²) in [5.74, 6) is -1.07. The van der Waals surface area contributed by atoms with Gasteiger partial charge in [-0.25, -0.2) is 4.79 Å². The van der Waals surface area contributed by atoms with E-state index in [1.165, 1.54) is 6.07 Å². The van der Waals surface area contributed by atoms with Crippen molar-refractivity contribution in [2.45, 2.75) is 0 Å². The zero-order valence-corrected chi connectivity index (χ0v) is 13.7. The van der Waals surface area contributed by atoms with Crippen LogP contribution in [-0.4, -0.2) is 32.6 Å². The van der Waals surface area contributed by atoms with Gasteiger partial charge < -0.3 is 19.4 Å². The van der Waals surface area contributed by atoms with Crippen LogP contribution in [0.15, 0.2) is 45.5 Å². The molecule has 7 heteroatoms. The summed E-state index contributed by atoms with van der Waals surface area (Å²) in [5, 5.41) is 2.65. The Morgan fingerprint density at radius 2 is 1.86 bits per heavy atom. The van der Waals surface area contributed by atoms with E-state index in [9.17, 15) is 9.59 Å². The quantitative estimate of drug-likeness (QED) is 0.823. The van der Waals surface area contributed by atoms with Crippen LogP contribution in [0.1, 0.15) is 10.6 Å². The van der Waals surface area contributed by atoms with Crippen LogP contribution in [0, 0.1) is 0 Å². The first-order valence-corrected chi connectivity index (χ1v) is 7.24. The molecular formula is C15H15BrN2O4. The molecule has 2 aromatic rings. The SMILES string of the molecule is CN(C)c1ccc(NC(=O)COC(=O)c2ccc(Br)o2)cc1. The van der Waals surface area contributed by atoms with Crippen LogP contribution in [0.3, 0.4) is 0 Å². The molecule has 22 heavy (non-hydrogen) atoms. The molecule has 0 radical (unpaired) electrons. The van der Waals surface area contributed by atoms with Gasteiger partial charge >= 0.3 is 5.97 Å². The summed E-state index contributed by atoms with van der Waals surface area (Å²) in [6, 6.07) is 10.3. The van der Waals surface area contributed by atoms with Gasteiger partial charge in [-0.3, -0.25) is 4.79 Å². The molecule has 1 heterocycles. The third kappa shape index (κ3) is 4.36. The Bertz CT molecular complexity index is 664. The van der Waals surface area contributed by atoms with Crippen LogP contribution in [0.4, 0.5) is 11.4 Å². The molecule has 1 amide bonds. The molecule has 1 aromatic heterocycles. The second-order valence-corrected chi connectivity index (χ2v) is 5.45. The fourth-order valence-electron chi connectivity index (χ4n) is 1.67. The molecule has 0 saturated carbocycles. The molecule has 0 bridgehead atoms. The van der Waals surface area contributed by atoms with Gasteiger partial charge in [0, 0.05) is 25.5 Å². The smallest absolute Gasteiger partial charge is 0.374 e. The molecule has 0 fully saturated rings. The molecule has 0 atom stereocenters. The molecule has 0 aliphatic heterocycles. The number of carbonyl (C=O) groups excluding carboxylic acids is 2. The summed E-state index contributed by atoms with van der Waals surface area (Å²) >= 11 is 3.08. The first-order valence-electron chi connectivity index (χ1n) is 6.45. The van der Waals surface area contributed by atoms with E-state index in [4.69, 9.17) is 9.15 Å². The Morgan fingerprint density at radius 1 is 1.18 bits per heavy atom. The number of benzene rings is 1. The number of nitrogens with zero attached hydrogens (tertiary/aromatic N) is 1. The van der Waals surface area contributed by atoms with Crippen molar-refractivity contribution < 1.29 is 18.7 Å². The summed E-state index contributed by atoms with van der Waals surface area (Å²) in [6.07, 6.45) is 0. The Labute approximate surface area is 136 Å². The number of halogens is 1. The highest BCUT2D eigenvalue weighted by Crippen LogP contribution is 2.16. The summed E-state index contributed by atoms with van der Waals surface area (Å²) in [7, 11) is 3.86. The maximum Gasteiger partial charge on any atom is 0.374 e. The van der Waals surface area contributed by atoms with E-state index in [1.807, 2.05) is 31.1 Å². The topological polar surface area (TPSA) is 71.8 Å². The van der Waals surface area contributed by atoms with E-state index in [-0.39, 0.29) is 12.4 Å². The van der Waals surface area contributed by atoms with Crippen LogP contribution >= 0.6 is 15.9 Å². The third-order valence-corrected chi connectivity index (χ3v) is 3.20. The average Bonchev–Trinajstić information content (AvgIpc) is 2.92. The largest absolute Gasteiger partial charge is 0.450 e. The van der Waals surface area contributed by atoms with Crippen molar-refractivity contribution in [1.82, 2.24) is 0 Å². The number of furan rings is 1. The second-order valence-electron chi connectivity index (χ2n) is 4.67. The van der Waals surface area contributed by atoms with Crippen molar-refractivity contribution in [3.8, 4) is 0 Å². The highest BCUT2D eigenvalue weighted by Gasteiger charge is 2.14. The second kappa shape index (κ2) is 7.13. The molecule has 0 aliphatic rings. The lowest BCUT2D eigenvalue weighted by molar-refractivity contribution is -0.119. The molecule has 1 aromatic carbocycles. The van der Waals surface area contributed by atoms with Gasteiger partial charge in [0.25, 0.3) is 5.91 Å². The zero-order valence-electron chi connectivity index (χ0n) is 12.1. The van der Waals surface area contributed by atoms with Gasteiger partial charge in [-0.05, 0) is 52.3 Å². The van der Waals surface area contributed by atoms with E-state index in [2.05, 4.69) is 21.2 Å². The first-order chi connectivity index (χ1) is 10.5. The minimum Gasteiger partial charge on any atom is -0.450 e. The van der Waals surface area contributed by atoms with Gasteiger partial charge in [0.1, 0.15) is 0 Å². The number of hydrogen-bond donors (Lipinski definition) is 1. The molecule has 116 valence electrons. The van der Waals surface area contributed by atoms with E-state index >= 15 is 0 Å². The van der Waals surface area contributed by atoms with Gasteiger partial charge in [0.2, 0.25) is 5.76 Å². The average molecular weight is 367 g/mol. The van der Waals surface area contributed by atoms with Crippen molar-refractivity contribution in [1.29, 1.82) is 0 Å². The lowest BCUT2D eigenvalue weighted by atomic mass is 10.2. The fraction of sp³-hybridized carbons (Fsp3) is 0.200. The fourth-order valence-corrected chi connectivity index (χ4v) is 1.97. The minimum atomic E-state index is -0.691. The van der Waals surface area contributed by atoms with Gasteiger partial charge in [0.15, 0.2) is 11.3 Å². The number of hydrogen-bond acceptors (Lipinski definition) is 5. The summed E-state index contributed by atoms with van der Waals surface area (Å²) in [6.45, 7) is -0.382. The number of esters is 1. The molecule has 0 spiro atoms. The van der Waals surface area contributed by atoms with Gasteiger partial charge in [-0.1, -0.05) is 0 Å². The molecule has 1 N–H and O–H groups in total. The van der Waals surface area contributed by atoms with E-state index < -0.39 is 11.9 Å². The van der Waals surface area contributed by atoms with Gasteiger partial charge in [0.05, 0.1) is 0 Å². The number of rotatable bonds is 5. The van der Waals surface area contributed by atoms with Crippen molar-refractivity contribution in [2.75, 3.05) is 30.9 Å². The molecule has 0 aliphatic carbocycles. The molecule has 0 unspecified atom stereocenters. The van der Waals surface area contributed by atoms with Crippen molar-refractivity contribution in [3.63, 3.8) is 0 Å². The van der Waals surface area contributed by atoms with Crippen LogP contribution < -0.4 is 10.2 Å². The summed E-state index contributed by atoms with van der Waals surface area (Å²) < 4.78 is 10.3. The Balaban J connectivity index is 1.84. The number of amides is 1. The Kier molecular flexibility index (Phi) is 5.21. The van der Waals surface area contributed by atoms with Gasteiger partial charge in [-0.15, -0.1) is 0 Å². The maximum absolute atomic E-state index is 11.7. The molecular weight excluding hydrogens is 352 g/mol. The monoisotopic (exact) mass is 366 g/mol. The number of anilines is 2. The van der Waals surface area contributed by atoms with Crippen LogP contribution in [0.5, 0.6) is 0 Å². The maximum atomic E-state index is 11.7. The minimum absolute atomic E-state index is 0.0370. The van der Waals surface area contributed by atoms with E-state index in [1.54, 1.807) is 18.2 Å². The predicted molar refractivity (Wildman–Crippen MR) is 86.1 cm³/mol. The summed E-state index contributed by atoms with van der Waals surface area (Å²) in [5.41, 5.74) is 1.65. The Morgan fingerprint density at radius 3 is 2.41 bits per heavy atom. The van der Waals surface area contributed by atoms with E-state index in [0.29, 0.717) is 10.4 Å². The lowest BCUT2D eigenvalue weighted by Gasteiger charge is -2.13. The highest BCUT2D eigenvalue weighted by molar-refractivity contribution is 9.10. The van der Waals surface area contributed by atoms with E-state index in [0.717, 1.165) is 5.69 Å². The molecule has 2 rings (SSSR count). The predicted octanol–water partition coefficient (Wildman–Crippen LogP) is 2.90.